The second-order valence-electron chi connectivity index (χ2n) is 7.77. The number of nitrogens with one attached hydrogen (secondary N) is 1. The molecule has 6 nitrogen and oxygen atoms in total. The van der Waals surface area contributed by atoms with Crippen LogP contribution in [0.3, 0.4) is 0 Å². The fourth-order valence-corrected chi connectivity index (χ4v) is 3.68. The smallest absolute Gasteiger partial charge is 0.255 e. The van der Waals surface area contributed by atoms with Crippen LogP contribution in [0.2, 0.25) is 0 Å². The molecule has 0 aliphatic heterocycles. The van der Waals surface area contributed by atoms with Gasteiger partial charge in [0.05, 0.1) is 5.56 Å². The quantitative estimate of drug-likeness (QED) is 0.689. The molecule has 0 atom stereocenters. The number of carbonyl (C=O) groups is 1. The zero-order valence-electron chi connectivity index (χ0n) is 17.0. The summed E-state index contributed by atoms with van der Waals surface area (Å²) < 4.78 is 1.75. The van der Waals surface area contributed by atoms with E-state index in [1.165, 1.54) is 30.3 Å². The molecular weight excluding hydrogens is 350 g/mol. The number of benzene rings is 1. The first-order chi connectivity index (χ1) is 13.5. The minimum absolute atomic E-state index is 0.0164. The molecule has 0 radical (unpaired) electrons. The van der Waals surface area contributed by atoms with Crippen LogP contribution in [0.15, 0.2) is 30.7 Å². The lowest BCUT2D eigenvalue weighted by atomic mass is 10.1. The third-order valence-electron chi connectivity index (χ3n) is 5.53. The standard InChI is InChI=1S/C22H27N5O/c1-5-10-26(4)22(28)18-12-27-20(15(18)3)21(23-13-24-27)25-19-11-17(16-8-9-16)7-6-14(19)2/h6-7,11-13,16H,5,8-10H2,1-4H3,(H,23,24,25). The highest BCUT2D eigenvalue weighted by Gasteiger charge is 2.24. The van der Waals surface area contributed by atoms with E-state index in [2.05, 4.69) is 47.4 Å². The van der Waals surface area contributed by atoms with Crippen LogP contribution in [0.4, 0.5) is 11.5 Å². The van der Waals surface area contributed by atoms with Gasteiger partial charge in [0.2, 0.25) is 0 Å². The Balaban J connectivity index is 1.72. The zero-order valence-corrected chi connectivity index (χ0v) is 17.0. The van der Waals surface area contributed by atoms with E-state index >= 15 is 0 Å². The third kappa shape index (κ3) is 3.35. The summed E-state index contributed by atoms with van der Waals surface area (Å²) in [7, 11) is 1.84. The van der Waals surface area contributed by atoms with Gasteiger partial charge < -0.3 is 10.2 Å². The molecule has 4 rings (SSSR count). The lowest BCUT2D eigenvalue weighted by Crippen LogP contribution is -2.27. The van der Waals surface area contributed by atoms with Crippen LogP contribution in [0.25, 0.3) is 5.52 Å². The number of aromatic nitrogens is 3. The Bertz CT molecular complexity index is 1030. The molecule has 0 spiro atoms. The predicted octanol–water partition coefficient (Wildman–Crippen LogP) is 4.45. The van der Waals surface area contributed by atoms with Crippen molar-refractivity contribution in [3.05, 3.63) is 53.0 Å². The van der Waals surface area contributed by atoms with Gasteiger partial charge in [-0.1, -0.05) is 19.1 Å². The molecule has 6 heteroatoms. The second-order valence-corrected chi connectivity index (χ2v) is 7.77. The summed E-state index contributed by atoms with van der Waals surface area (Å²) in [5.74, 6) is 1.43. The molecule has 0 unspecified atom stereocenters. The Morgan fingerprint density at radius 2 is 2.11 bits per heavy atom. The summed E-state index contributed by atoms with van der Waals surface area (Å²) in [6.45, 7) is 6.86. The fourth-order valence-electron chi connectivity index (χ4n) is 3.68. The van der Waals surface area contributed by atoms with Crippen molar-refractivity contribution in [2.24, 2.45) is 0 Å². The molecule has 3 aromatic rings. The first-order valence-electron chi connectivity index (χ1n) is 9.95. The van der Waals surface area contributed by atoms with Crippen molar-refractivity contribution in [2.45, 2.75) is 46.0 Å². The molecule has 1 aromatic carbocycles. The van der Waals surface area contributed by atoms with E-state index in [9.17, 15) is 4.79 Å². The summed E-state index contributed by atoms with van der Waals surface area (Å²) >= 11 is 0. The highest BCUT2D eigenvalue weighted by Crippen LogP contribution is 2.41. The van der Waals surface area contributed by atoms with Crippen LogP contribution in [0.1, 0.15) is 59.2 Å². The van der Waals surface area contributed by atoms with E-state index in [-0.39, 0.29) is 5.91 Å². The minimum Gasteiger partial charge on any atom is -0.342 e. The molecule has 1 fully saturated rings. The average molecular weight is 377 g/mol. The van der Waals surface area contributed by atoms with Gasteiger partial charge in [0.15, 0.2) is 5.82 Å². The lowest BCUT2D eigenvalue weighted by Gasteiger charge is -2.15. The van der Waals surface area contributed by atoms with E-state index in [1.54, 1.807) is 15.6 Å². The molecule has 1 saturated carbocycles. The Kier molecular flexibility index (Phi) is 4.79. The Morgan fingerprint density at radius 1 is 1.32 bits per heavy atom. The topological polar surface area (TPSA) is 62.5 Å². The summed E-state index contributed by atoms with van der Waals surface area (Å²) in [5.41, 5.74) is 6.01. The summed E-state index contributed by atoms with van der Waals surface area (Å²) in [4.78, 5) is 19.1. The zero-order chi connectivity index (χ0) is 19.8. The van der Waals surface area contributed by atoms with Crippen molar-refractivity contribution >= 4 is 22.9 Å². The molecule has 146 valence electrons. The van der Waals surface area contributed by atoms with Gasteiger partial charge in [-0.15, -0.1) is 0 Å². The fraction of sp³-hybridized carbons (Fsp3) is 0.409. The summed E-state index contributed by atoms with van der Waals surface area (Å²) in [5, 5.41) is 7.81. The molecular formula is C22H27N5O. The molecule has 0 bridgehead atoms. The van der Waals surface area contributed by atoms with Crippen LogP contribution in [0.5, 0.6) is 0 Å². The van der Waals surface area contributed by atoms with Gasteiger partial charge in [-0.3, -0.25) is 4.79 Å². The van der Waals surface area contributed by atoms with E-state index in [0.717, 1.165) is 35.6 Å². The Hall–Kier alpha value is -2.89. The molecule has 2 aromatic heterocycles. The number of amides is 1. The number of carbonyl (C=O) groups excluding carboxylic acids is 1. The maximum Gasteiger partial charge on any atom is 0.255 e. The number of nitrogens with zero attached hydrogens (tertiary/aromatic N) is 4. The van der Waals surface area contributed by atoms with Crippen LogP contribution >= 0.6 is 0 Å². The maximum atomic E-state index is 12.8. The lowest BCUT2D eigenvalue weighted by molar-refractivity contribution is 0.0794. The minimum atomic E-state index is 0.0164. The van der Waals surface area contributed by atoms with Gasteiger partial charge in [-0.25, -0.2) is 9.50 Å². The number of hydrogen-bond acceptors (Lipinski definition) is 4. The van der Waals surface area contributed by atoms with Crippen LogP contribution in [0, 0.1) is 13.8 Å². The van der Waals surface area contributed by atoms with Crippen LogP contribution in [-0.4, -0.2) is 39.0 Å². The summed E-state index contributed by atoms with van der Waals surface area (Å²) in [6.07, 6.45) is 6.81. The highest BCUT2D eigenvalue weighted by atomic mass is 16.2. The van der Waals surface area contributed by atoms with Crippen LogP contribution in [-0.2, 0) is 0 Å². The molecule has 1 N–H and O–H groups in total. The second kappa shape index (κ2) is 7.26. The molecule has 1 amide bonds. The van der Waals surface area contributed by atoms with Gasteiger partial charge in [0.25, 0.3) is 5.91 Å². The normalized spacial score (nSPS) is 13.7. The number of rotatable bonds is 6. The summed E-state index contributed by atoms with van der Waals surface area (Å²) in [6, 6.07) is 6.61. The van der Waals surface area contributed by atoms with Crippen molar-refractivity contribution in [1.82, 2.24) is 19.5 Å². The Labute approximate surface area is 165 Å². The van der Waals surface area contributed by atoms with Crippen molar-refractivity contribution in [1.29, 1.82) is 0 Å². The van der Waals surface area contributed by atoms with Gasteiger partial charge in [-0.2, -0.15) is 5.10 Å². The van der Waals surface area contributed by atoms with Crippen LogP contribution < -0.4 is 5.32 Å². The number of fused-ring (bicyclic) bond motifs is 1. The maximum absolute atomic E-state index is 12.8. The number of aryl methyl sites for hydroxylation is 2. The first-order valence-corrected chi connectivity index (χ1v) is 9.95. The SMILES string of the molecule is CCCN(C)C(=O)c1cn2ncnc(Nc3cc(C4CC4)ccc3C)c2c1C. The largest absolute Gasteiger partial charge is 0.342 e. The molecule has 2 heterocycles. The van der Waals surface area contributed by atoms with Crippen molar-refractivity contribution in [2.75, 3.05) is 18.9 Å². The monoisotopic (exact) mass is 377 g/mol. The van der Waals surface area contributed by atoms with E-state index in [1.807, 2.05) is 14.0 Å². The van der Waals surface area contributed by atoms with Crippen molar-refractivity contribution in [3.8, 4) is 0 Å². The predicted molar refractivity (Wildman–Crippen MR) is 111 cm³/mol. The van der Waals surface area contributed by atoms with Gasteiger partial charge >= 0.3 is 0 Å². The van der Waals surface area contributed by atoms with E-state index in [0.29, 0.717) is 11.5 Å². The van der Waals surface area contributed by atoms with Gasteiger partial charge in [0, 0.05) is 25.5 Å². The van der Waals surface area contributed by atoms with Crippen molar-refractivity contribution < 1.29 is 4.79 Å². The first kappa shape index (κ1) is 18.5. The van der Waals surface area contributed by atoms with Gasteiger partial charge in [0.1, 0.15) is 11.8 Å². The molecule has 0 saturated heterocycles. The van der Waals surface area contributed by atoms with E-state index < -0.39 is 0 Å². The number of anilines is 2. The van der Waals surface area contributed by atoms with Gasteiger partial charge in [-0.05, 0) is 61.8 Å². The number of hydrogen-bond donors (Lipinski definition) is 1. The molecule has 1 aliphatic carbocycles. The van der Waals surface area contributed by atoms with Crippen molar-refractivity contribution in [3.63, 3.8) is 0 Å². The molecule has 28 heavy (non-hydrogen) atoms. The van der Waals surface area contributed by atoms with E-state index in [4.69, 9.17) is 0 Å². The average Bonchev–Trinajstić information content (AvgIpc) is 3.47. The highest BCUT2D eigenvalue weighted by molar-refractivity contribution is 5.99. The Morgan fingerprint density at radius 3 is 2.82 bits per heavy atom. The molecule has 1 aliphatic rings. The third-order valence-corrected chi connectivity index (χ3v) is 5.53.